The lowest BCUT2D eigenvalue weighted by atomic mass is 10.1. The van der Waals surface area contributed by atoms with E-state index in [-0.39, 0.29) is 0 Å². The van der Waals surface area contributed by atoms with E-state index in [1.807, 2.05) is 23.7 Å². The van der Waals surface area contributed by atoms with Crippen molar-refractivity contribution >= 4 is 5.97 Å². The van der Waals surface area contributed by atoms with Crippen molar-refractivity contribution in [3.8, 4) is 0 Å². The van der Waals surface area contributed by atoms with Crippen molar-refractivity contribution in [2.45, 2.75) is 26.6 Å². The average molecular weight is 272 g/mol. The fraction of sp³-hybridized carbons (Fsp3) is 0.357. The summed E-state index contributed by atoms with van der Waals surface area (Å²) in [6, 6.07) is 7.03. The summed E-state index contributed by atoms with van der Waals surface area (Å²) in [7, 11) is 0. The Labute approximate surface area is 116 Å². The lowest BCUT2D eigenvalue weighted by Gasteiger charge is -2.26. The van der Waals surface area contributed by atoms with E-state index < -0.39 is 5.97 Å². The van der Waals surface area contributed by atoms with Crippen LogP contribution in [0.5, 0.6) is 0 Å². The van der Waals surface area contributed by atoms with E-state index in [4.69, 9.17) is 5.11 Å². The quantitative estimate of drug-likeness (QED) is 0.912. The Bertz CT molecular complexity index is 633. The van der Waals surface area contributed by atoms with Crippen molar-refractivity contribution in [3.05, 3.63) is 47.0 Å². The highest BCUT2D eigenvalue weighted by Gasteiger charge is 2.18. The van der Waals surface area contributed by atoms with Crippen LogP contribution in [0.4, 0.5) is 0 Å². The van der Waals surface area contributed by atoms with Gasteiger partial charge in [-0.2, -0.15) is 5.10 Å². The van der Waals surface area contributed by atoms with Gasteiger partial charge in [0.1, 0.15) is 11.6 Å². The van der Waals surface area contributed by atoms with Crippen molar-refractivity contribution in [1.29, 1.82) is 0 Å². The standard InChI is InChI=1S/C14H16N4O2/c1-10-15-13-9-17(6-7-18(13)16-10)8-11-2-4-12(5-3-11)14(19)20/h2-5H,6-9H2,1H3,(H,19,20). The zero-order valence-electron chi connectivity index (χ0n) is 11.3. The summed E-state index contributed by atoms with van der Waals surface area (Å²) in [5.41, 5.74) is 1.43. The minimum atomic E-state index is -0.891. The Morgan fingerprint density at radius 2 is 2.05 bits per heavy atom. The predicted molar refractivity (Wildman–Crippen MR) is 72.3 cm³/mol. The van der Waals surface area contributed by atoms with Crippen LogP contribution in [0.3, 0.4) is 0 Å². The predicted octanol–water partition coefficient (Wildman–Crippen LogP) is 1.30. The molecule has 104 valence electrons. The second kappa shape index (κ2) is 5.05. The zero-order valence-corrected chi connectivity index (χ0v) is 11.3. The Hall–Kier alpha value is -2.21. The molecule has 3 rings (SSSR count). The van der Waals surface area contributed by atoms with Crippen molar-refractivity contribution in [1.82, 2.24) is 19.7 Å². The number of carboxylic acids is 1. The molecule has 0 spiro atoms. The third-order valence-electron chi connectivity index (χ3n) is 3.45. The Morgan fingerprint density at radius 1 is 1.30 bits per heavy atom. The van der Waals surface area contributed by atoms with E-state index >= 15 is 0 Å². The highest BCUT2D eigenvalue weighted by atomic mass is 16.4. The van der Waals surface area contributed by atoms with E-state index in [1.165, 1.54) is 0 Å². The van der Waals surface area contributed by atoms with Crippen LogP contribution in [0.2, 0.25) is 0 Å². The van der Waals surface area contributed by atoms with Gasteiger partial charge in [-0.15, -0.1) is 0 Å². The van der Waals surface area contributed by atoms with Gasteiger partial charge in [0.15, 0.2) is 0 Å². The largest absolute Gasteiger partial charge is 0.478 e. The minimum absolute atomic E-state index is 0.322. The van der Waals surface area contributed by atoms with Gasteiger partial charge in [0, 0.05) is 13.1 Å². The Morgan fingerprint density at radius 3 is 2.75 bits per heavy atom. The van der Waals surface area contributed by atoms with Gasteiger partial charge in [-0.25, -0.2) is 14.5 Å². The summed E-state index contributed by atoms with van der Waals surface area (Å²) in [5.74, 6) is 0.918. The first kappa shape index (κ1) is 12.8. The van der Waals surface area contributed by atoms with Crippen LogP contribution >= 0.6 is 0 Å². The number of nitrogens with zero attached hydrogens (tertiary/aromatic N) is 4. The van der Waals surface area contributed by atoms with Gasteiger partial charge < -0.3 is 5.11 Å². The van der Waals surface area contributed by atoms with Crippen LogP contribution in [0.1, 0.15) is 27.6 Å². The molecule has 1 aromatic heterocycles. The minimum Gasteiger partial charge on any atom is -0.478 e. The van der Waals surface area contributed by atoms with E-state index in [0.29, 0.717) is 5.56 Å². The molecule has 6 heteroatoms. The summed E-state index contributed by atoms with van der Waals surface area (Å²) in [6.45, 7) is 5.26. The number of hydrogen-bond acceptors (Lipinski definition) is 4. The van der Waals surface area contributed by atoms with Gasteiger partial charge in [0.05, 0.1) is 18.7 Å². The van der Waals surface area contributed by atoms with Crippen LogP contribution in [0, 0.1) is 6.92 Å². The molecule has 0 unspecified atom stereocenters. The zero-order chi connectivity index (χ0) is 14.1. The lowest BCUT2D eigenvalue weighted by molar-refractivity contribution is 0.0697. The smallest absolute Gasteiger partial charge is 0.335 e. The third-order valence-corrected chi connectivity index (χ3v) is 3.45. The molecule has 1 aliphatic rings. The summed E-state index contributed by atoms with van der Waals surface area (Å²) in [4.78, 5) is 17.5. The SMILES string of the molecule is Cc1nc2n(n1)CCN(Cc1ccc(C(=O)O)cc1)C2. The number of hydrogen-bond donors (Lipinski definition) is 1. The van der Waals surface area contributed by atoms with E-state index in [9.17, 15) is 4.79 Å². The highest BCUT2D eigenvalue weighted by molar-refractivity contribution is 5.87. The van der Waals surface area contributed by atoms with Crippen LogP contribution in [-0.2, 0) is 19.6 Å². The molecular weight excluding hydrogens is 256 g/mol. The highest BCUT2D eigenvalue weighted by Crippen LogP contribution is 2.14. The number of fused-ring (bicyclic) bond motifs is 1. The number of aryl methyl sites for hydroxylation is 1. The van der Waals surface area contributed by atoms with Gasteiger partial charge >= 0.3 is 5.97 Å². The molecule has 0 amide bonds. The summed E-state index contributed by atoms with van der Waals surface area (Å²) in [5, 5.41) is 13.2. The van der Waals surface area contributed by atoms with Crippen LogP contribution in [-0.4, -0.2) is 37.3 Å². The normalized spacial score (nSPS) is 15.1. The molecule has 20 heavy (non-hydrogen) atoms. The molecule has 1 aromatic carbocycles. The van der Waals surface area contributed by atoms with Crippen molar-refractivity contribution in [2.24, 2.45) is 0 Å². The van der Waals surface area contributed by atoms with Gasteiger partial charge in [-0.1, -0.05) is 12.1 Å². The van der Waals surface area contributed by atoms with Gasteiger partial charge in [-0.05, 0) is 24.6 Å². The van der Waals surface area contributed by atoms with Crippen LogP contribution in [0.25, 0.3) is 0 Å². The van der Waals surface area contributed by atoms with Crippen molar-refractivity contribution in [3.63, 3.8) is 0 Å². The molecule has 0 fully saturated rings. The lowest BCUT2D eigenvalue weighted by Crippen LogP contribution is -2.33. The van der Waals surface area contributed by atoms with Gasteiger partial charge in [-0.3, -0.25) is 4.90 Å². The molecule has 2 aromatic rings. The van der Waals surface area contributed by atoms with E-state index in [2.05, 4.69) is 15.0 Å². The molecule has 0 bridgehead atoms. The molecule has 0 atom stereocenters. The Kier molecular flexibility index (Phi) is 3.23. The van der Waals surface area contributed by atoms with Crippen LogP contribution in [0.15, 0.2) is 24.3 Å². The first-order valence-electron chi connectivity index (χ1n) is 6.57. The number of carboxylic acid groups (broad SMARTS) is 1. The van der Waals surface area contributed by atoms with Gasteiger partial charge in [0.25, 0.3) is 0 Å². The number of aromatic carboxylic acids is 1. The second-order valence-electron chi connectivity index (χ2n) is 5.01. The number of aromatic nitrogens is 3. The number of carbonyl (C=O) groups is 1. The fourth-order valence-corrected chi connectivity index (χ4v) is 2.46. The molecule has 0 saturated heterocycles. The number of benzene rings is 1. The first-order valence-corrected chi connectivity index (χ1v) is 6.57. The first-order chi connectivity index (χ1) is 9.61. The summed E-state index contributed by atoms with van der Waals surface area (Å²) >= 11 is 0. The van der Waals surface area contributed by atoms with Crippen molar-refractivity contribution in [2.75, 3.05) is 6.54 Å². The maximum atomic E-state index is 10.8. The summed E-state index contributed by atoms with van der Waals surface area (Å²) < 4.78 is 1.96. The van der Waals surface area contributed by atoms with Gasteiger partial charge in [0.2, 0.25) is 0 Å². The molecule has 0 saturated carbocycles. The maximum Gasteiger partial charge on any atom is 0.335 e. The summed E-state index contributed by atoms with van der Waals surface area (Å²) in [6.07, 6.45) is 0. The third kappa shape index (κ3) is 2.55. The second-order valence-corrected chi connectivity index (χ2v) is 5.01. The maximum absolute atomic E-state index is 10.8. The molecule has 0 aliphatic carbocycles. The molecular formula is C14H16N4O2. The van der Waals surface area contributed by atoms with E-state index in [1.54, 1.807) is 12.1 Å². The number of rotatable bonds is 3. The molecule has 2 heterocycles. The van der Waals surface area contributed by atoms with Crippen molar-refractivity contribution < 1.29 is 9.90 Å². The topological polar surface area (TPSA) is 71.2 Å². The average Bonchev–Trinajstić information content (AvgIpc) is 2.78. The van der Waals surface area contributed by atoms with Crippen LogP contribution < -0.4 is 0 Å². The Balaban J connectivity index is 1.68. The molecule has 1 N–H and O–H groups in total. The monoisotopic (exact) mass is 272 g/mol. The fourth-order valence-electron chi connectivity index (χ4n) is 2.46. The molecule has 1 aliphatic heterocycles. The molecule has 6 nitrogen and oxygen atoms in total. The van der Waals surface area contributed by atoms with E-state index in [0.717, 1.165) is 43.4 Å². The molecule has 0 radical (unpaired) electrons.